The molecule has 0 aliphatic carbocycles. The van der Waals surface area contributed by atoms with Crippen LogP contribution in [0.5, 0.6) is 0 Å². The first-order valence-corrected chi connectivity index (χ1v) is 8.58. The van der Waals surface area contributed by atoms with Gasteiger partial charge >= 0.3 is 18.1 Å². The molecule has 0 amide bonds. The number of thioether (sulfide) groups is 1. The number of rotatable bonds is 5. The predicted octanol–water partition coefficient (Wildman–Crippen LogP) is 1.50. The standard InChI is InChI=1S/C16H16F3N3O4S/c1-21(2)22-8-11(14(24)26-15(25)16(17,18)19)13(23)10-7-9(27-6-5-20)3-4-12(10)22/h3-4,7-8H,5-6,20H2,1-2H3. The second-order valence-corrected chi connectivity index (χ2v) is 6.72. The second kappa shape index (κ2) is 8.01. The van der Waals surface area contributed by atoms with Gasteiger partial charge in [0.25, 0.3) is 0 Å². The van der Waals surface area contributed by atoms with Gasteiger partial charge in [0.2, 0.25) is 5.43 Å². The van der Waals surface area contributed by atoms with E-state index in [1.165, 1.54) is 27.5 Å². The molecule has 1 aromatic heterocycles. The van der Waals surface area contributed by atoms with Crippen molar-refractivity contribution in [2.45, 2.75) is 11.1 Å². The molecule has 0 bridgehead atoms. The molecule has 0 aliphatic rings. The summed E-state index contributed by atoms with van der Waals surface area (Å²) in [4.78, 5) is 36.3. The summed E-state index contributed by atoms with van der Waals surface area (Å²) in [6, 6.07) is 4.92. The number of carbonyl (C=O) groups is 2. The maximum absolute atomic E-state index is 12.6. The Morgan fingerprint density at radius 1 is 1.30 bits per heavy atom. The number of esters is 2. The first-order valence-electron chi connectivity index (χ1n) is 7.59. The maximum atomic E-state index is 12.6. The topological polar surface area (TPSA) is 94.6 Å². The molecule has 2 rings (SSSR count). The van der Waals surface area contributed by atoms with Crippen molar-refractivity contribution in [2.24, 2.45) is 5.73 Å². The van der Waals surface area contributed by atoms with Gasteiger partial charge in [-0.05, 0) is 18.2 Å². The molecule has 0 atom stereocenters. The Bertz CT molecular complexity index is 941. The molecule has 2 aromatic rings. The number of nitrogens with two attached hydrogens (primary N) is 1. The molecule has 0 unspecified atom stereocenters. The zero-order chi connectivity index (χ0) is 20.4. The van der Waals surface area contributed by atoms with Crippen molar-refractivity contribution in [1.82, 2.24) is 4.68 Å². The average Bonchev–Trinajstić information content (AvgIpc) is 2.59. The van der Waals surface area contributed by atoms with E-state index in [0.717, 1.165) is 6.20 Å². The Balaban J connectivity index is 2.59. The van der Waals surface area contributed by atoms with Gasteiger partial charge in [-0.3, -0.25) is 9.47 Å². The lowest BCUT2D eigenvalue weighted by Crippen LogP contribution is -2.33. The molecule has 146 valence electrons. The Hall–Kier alpha value is -2.53. The minimum absolute atomic E-state index is 0.0969. The van der Waals surface area contributed by atoms with Crippen LogP contribution < -0.4 is 16.2 Å². The molecule has 0 radical (unpaired) electrons. The van der Waals surface area contributed by atoms with Gasteiger partial charge < -0.3 is 15.5 Å². The summed E-state index contributed by atoms with van der Waals surface area (Å²) in [6.07, 6.45) is -4.32. The minimum Gasteiger partial charge on any atom is -0.382 e. The van der Waals surface area contributed by atoms with Gasteiger partial charge in [-0.1, -0.05) is 0 Å². The normalized spacial score (nSPS) is 11.5. The average molecular weight is 403 g/mol. The van der Waals surface area contributed by atoms with E-state index in [0.29, 0.717) is 22.7 Å². The van der Waals surface area contributed by atoms with Gasteiger partial charge in [0.15, 0.2) is 0 Å². The number of halogens is 3. The van der Waals surface area contributed by atoms with Gasteiger partial charge in [0.05, 0.1) is 5.52 Å². The summed E-state index contributed by atoms with van der Waals surface area (Å²) in [7, 11) is 3.22. The first-order chi connectivity index (χ1) is 12.6. The molecular weight excluding hydrogens is 387 g/mol. The second-order valence-electron chi connectivity index (χ2n) is 5.55. The maximum Gasteiger partial charge on any atom is 0.491 e. The van der Waals surface area contributed by atoms with E-state index in [-0.39, 0.29) is 5.39 Å². The molecule has 0 aliphatic heterocycles. The highest BCUT2D eigenvalue weighted by molar-refractivity contribution is 7.99. The number of pyridine rings is 1. The highest BCUT2D eigenvalue weighted by Gasteiger charge is 2.43. The van der Waals surface area contributed by atoms with Crippen LogP contribution in [0.2, 0.25) is 0 Å². The number of hydrogen-bond acceptors (Lipinski definition) is 7. The van der Waals surface area contributed by atoms with Crippen molar-refractivity contribution in [3.05, 3.63) is 40.2 Å². The van der Waals surface area contributed by atoms with Crippen LogP contribution in [0.15, 0.2) is 34.1 Å². The van der Waals surface area contributed by atoms with Crippen molar-refractivity contribution >= 4 is 34.6 Å². The number of fused-ring (bicyclic) bond motifs is 1. The van der Waals surface area contributed by atoms with E-state index in [1.54, 1.807) is 26.2 Å². The lowest BCUT2D eigenvalue weighted by atomic mass is 10.1. The van der Waals surface area contributed by atoms with E-state index in [9.17, 15) is 27.6 Å². The van der Waals surface area contributed by atoms with Crippen molar-refractivity contribution < 1.29 is 27.5 Å². The number of hydrogen-bond donors (Lipinski definition) is 1. The number of aromatic nitrogens is 1. The zero-order valence-electron chi connectivity index (χ0n) is 14.4. The number of carbonyl (C=O) groups excluding carboxylic acids is 2. The molecule has 1 aromatic carbocycles. The van der Waals surface area contributed by atoms with E-state index >= 15 is 0 Å². The van der Waals surface area contributed by atoms with E-state index < -0.39 is 29.1 Å². The van der Waals surface area contributed by atoms with Crippen LogP contribution in [0.1, 0.15) is 10.4 Å². The van der Waals surface area contributed by atoms with Gasteiger partial charge in [0.1, 0.15) is 5.56 Å². The summed E-state index contributed by atoms with van der Waals surface area (Å²) >= 11 is 1.38. The van der Waals surface area contributed by atoms with Crippen LogP contribution in [-0.4, -0.2) is 49.2 Å². The summed E-state index contributed by atoms with van der Waals surface area (Å²) in [6.45, 7) is 0.413. The molecule has 0 saturated heterocycles. The van der Waals surface area contributed by atoms with Crippen molar-refractivity contribution in [3.8, 4) is 0 Å². The van der Waals surface area contributed by atoms with E-state index in [2.05, 4.69) is 4.74 Å². The molecule has 0 fully saturated rings. The third kappa shape index (κ3) is 4.61. The summed E-state index contributed by atoms with van der Waals surface area (Å²) in [5.74, 6) is -3.76. The third-order valence-corrected chi connectivity index (χ3v) is 4.44. The third-order valence-electron chi connectivity index (χ3n) is 3.41. The Kier molecular flexibility index (Phi) is 6.16. The van der Waals surface area contributed by atoms with Crippen LogP contribution in [0.4, 0.5) is 13.2 Å². The Labute approximate surface area is 155 Å². The smallest absolute Gasteiger partial charge is 0.382 e. The lowest BCUT2D eigenvalue weighted by Gasteiger charge is -2.21. The Morgan fingerprint density at radius 3 is 2.52 bits per heavy atom. The first kappa shape index (κ1) is 20.8. The highest BCUT2D eigenvalue weighted by atomic mass is 32.2. The molecule has 1 heterocycles. The molecule has 2 N–H and O–H groups in total. The van der Waals surface area contributed by atoms with Gasteiger partial charge in [0, 0.05) is 42.9 Å². The number of nitrogens with zero attached hydrogens (tertiary/aromatic N) is 2. The van der Waals surface area contributed by atoms with Crippen LogP contribution in [0.3, 0.4) is 0 Å². The van der Waals surface area contributed by atoms with Crippen molar-refractivity contribution in [1.29, 1.82) is 0 Å². The lowest BCUT2D eigenvalue weighted by molar-refractivity contribution is -0.193. The van der Waals surface area contributed by atoms with E-state index in [4.69, 9.17) is 5.73 Å². The minimum atomic E-state index is -5.35. The SMILES string of the molecule is CN(C)n1cc(C(=O)OC(=O)C(F)(F)F)c(=O)c2cc(SCCN)ccc21. The van der Waals surface area contributed by atoms with Gasteiger partial charge in [-0.2, -0.15) is 13.2 Å². The molecular formula is C16H16F3N3O4S. The van der Waals surface area contributed by atoms with Crippen LogP contribution in [0, 0.1) is 0 Å². The van der Waals surface area contributed by atoms with Crippen LogP contribution in [0.25, 0.3) is 10.9 Å². The van der Waals surface area contributed by atoms with E-state index in [1.807, 2.05) is 0 Å². The molecule has 11 heteroatoms. The Morgan fingerprint density at radius 2 is 1.96 bits per heavy atom. The molecule has 0 saturated carbocycles. The van der Waals surface area contributed by atoms with Gasteiger partial charge in [-0.15, -0.1) is 11.8 Å². The fourth-order valence-electron chi connectivity index (χ4n) is 2.23. The fourth-order valence-corrected chi connectivity index (χ4v) is 2.95. The summed E-state index contributed by atoms with van der Waals surface area (Å²) in [5, 5.41) is 1.61. The highest BCUT2D eigenvalue weighted by Crippen LogP contribution is 2.23. The fraction of sp³-hybridized carbons (Fsp3) is 0.312. The number of benzene rings is 1. The van der Waals surface area contributed by atoms with Crippen LogP contribution >= 0.6 is 11.8 Å². The van der Waals surface area contributed by atoms with Crippen molar-refractivity contribution in [3.63, 3.8) is 0 Å². The predicted molar refractivity (Wildman–Crippen MR) is 94.5 cm³/mol. The quantitative estimate of drug-likeness (QED) is 0.459. The molecule has 27 heavy (non-hydrogen) atoms. The largest absolute Gasteiger partial charge is 0.491 e. The van der Waals surface area contributed by atoms with Crippen molar-refractivity contribution in [2.75, 3.05) is 31.4 Å². The zero-order valence-corrected chi connectivity index (χ0v) is 15.2. The summed E-state index contributed by atoms with van der Waals surface area (Å²) in [5.41, 5.74) is 4.36. The molecule has 7 nitrogen and oxygen atoms in total. The monoisotopic (exact) mass is 403 g/mol. The van der Waals surface area contributed by atoms with Crippen LogP contribution in [-0.2, 0) is 9.53 Å². The summed E-state index contributed by atoms with van der Waals surface area (Å²) < 4.78 is 42.2. The van der Waals surface area contributed by atoms with Gasteiger partial charge in [-0.25, -0.2) is 9.59 Å². The molecule has 0 spiro atoms. The number of alkyl halides is 3. The number of ether oxygens (including phenoxy) is 1.